The lowest BCUT2D eigenvalue weighted by atomic mass is 9.65. The van der Waals surface area contributed by atoms with Crippen molar-refractivity contribution >= 4 is 29.2 Å². The van der Waals surface area contributed by atoms with Gasteiger partial charge in [-0.3, -0.25) is 0 Å². The molecule has 1 unspecified atom stereocenters. The van der Waals surface area contributed by atoms with E-state index in [9.17, 15) is 4.79 Å². The minimum absolute atomic E-state index is 0.224. The number of hydrogen-bond acceptors (Lipinski definition) is 2. The number of esters is 1. The second kappa shape index (κ2) is 7.17. The molecule has 0 aliphatic heterocycles. The Labute approximate surface area is 132 Å². The minimum atomic E-state index is -0.779. The normalized spacial score (nSPS) is 22.4. The molecule has 1 aliphatic carbocycles. The van der Waals surface area contributed by atoms with Crippen LogP contribution < -0.4 is 0 Å². The Morgan fingerprint density at radius 1 is 1.35 bits per heavy atom. The van der Waals surface area contributed by atoms with Crippen molar-refractivity contribution in [3.05, 3.63) is 12.2 Å². The highest BCUT2D eigenvalue weighted by molar-refractivity contribution is 6.22. The number of alkyl halides is 2. The Morgan fingerprint density at radius 3 is 2.40 bits per heavy atom. The van der Waals surface area contributed by atoms with Gasteiger partial charge >= 0.3 is 5.97 Å². The van der Waals surface area contributed by atoms with E-state index >= 15 is 0 Å². The van der Waals surface area contributed by atoms with E-state index in [1.807, 2.05) is 0 Å². The van der Waals surface area contributed by atoms with Gasteiger partial charge in [0.25, 0.3) is 0 Å². The summed E-state index contributed by atoms with van der Waals surface area (Å²) in [5.41, 5.74) is -0.150. The predicted molar refractivity (Wildman–Crippen MR) is 85.4 cm³/mol. The molecule has 0 amide bonds. The fourth-order valence-electron chi connectivity index (χ4n) is 2.92. The van der Waals surface area contributed by atoms with E-state index in [0.29, 0.717) is 11.5 Å². The van der Waals surface area contributed by atoms with E-state index in [2.05, 4.69) is 20.4 Å². The SMILES string of the molecule is C=C(C)C(=O)OC(CCl)(CCl)CC1CCCCC1(C)C. The van der Waals surface area contributed by atoms with Crippen molar-refractivity contribution in [2.24, 2.45) is 11.3 Å². The number of ether oxygens (including phenoxy) is 1. The fraction of sp³-hybridized carbons (Fsp3) is 0.812. The van der Waals surface area contributed by atoms with Gasteiger partial charge in [-0.05, 0) is 37.5 Å². The predicted octanol–water partition coefficient (Wildman–Crippen LogP) is 4.93. The van der Waals surface area contributed by atoms with Crippen LogP contribution in [0, 0.1) is 11.3 Å². The number of halogens is 2. The molecule has 2 nitrogen and oxygen atoms in total. The minimum Gasteiger partial charge on any atom is -0.453 e. The average molecular weight is 321 g/mol. The van der Waals surface area contributed by atoms with Gasteiger partial charge < -0.3 is 4.74 Å². The van der Waals surface area contributed by atoms with Crippen LogP contribution in [-0.4, -0.2) is 23.3 Å². The van der Waals surface area contributed by atoms with Crippen LogP contribution in [0.5, 0.6) is 0 Å². The van der Waals surface area contributed by atoms with Crippen LogP contribution in [0.15, 0.2) is 12.2 Å². The van der Waals surface area contributed by atoms with Gasteiger partial charge in [0.05, 0.1) is 11.8 Å². The van der Waals surface area contributed by atoms with Crippen LogP contribution in [0.25, 0.3) is 0 Å². The van der Waals surface area contributed by atoms with E-state index in [0.717, 1.165) is 12.8 Å². The van der Waals surface area contributed by atoms with E-state index < -0.39 is 11.6 Å². The fourth-order valence-corrected chi connectivity index (χ4v) is 3.53. The second-order valence-corrected chi connectivity index (χ2v) is 7.29. The van der Waals surface area contributed by atoms with E-state index in [1.54, 1.807) is 6.92 Å². The van der Waals surface area contributed by atoms with Crippen molar-refractivity contribution in [1.82, 2.24) is 0 Å². The Morgan fingerprint density at radius 2 is 1.95 bits per heavy atom. The first-order valence-electron chi connectivity index (χ1n) is 7.27. The zero-order chi connectivity index (χ0) is 15.4. The third-order valence-corrected chi connectivity index (χ3v) is 5.47. The zero-order valence-corrected chi connectivity index (χ0v) is 14.3. The molecule has 1 rings (SSSR count). The summed E-state index contributed by atoms with van der Waals surface area (Å²) in [5, 5.41) is 0. The lowest BCUT2D eigenvalue weighted by Crippen LogP contribution is -2.44. The Bertz CT molecular complexity index is 359. The molecule has 1 aliphatic rings. The summed E-state index contributed by atoms with van der Waals surface area (Å²) in [7, 11) is 0. The van der Waals surface area contributed by atoms with Crippen molar-refractivity contribution in [3.63, 3.8) is 0 Å². The van der Waals surface area contributed by atoms with E-state index in [-0.39, 0.29) is 17.2 Å². The highest BCUT2D eigenvalue weighted by Gasteiger charge is 2.41. The number of carbonyl (C=O) groups is 1. The highest BCUT2D eigenvalue weighted by Crippen LogP contribution is 2.45. The Kier molecular flexibility index (Phi) is 6.40. The summed E-state index contributed by atoms with van der Waals surface area (Å²) in [6.07, 6.45) is 5.57. The third kappa shape index (κ3) is 4.39. The molecule has 1 saturated carbocycles. The molecule has 0 N–H and O–H groups in total. The van der Waals surface area contributed by atoms with Crippen LogP contribution in [0.3, 0.4) is 0 Å². The molecule has 0 saturated heterocycles. The summed E-state index contributed by atoms with van der Waals surface area (Å²) in [6, 6.07) is 0. The standard InChI is InChI=1S/C16H26Cl2O2/c1-12(2)14(19)20-16(10-17,11-18)9-13-7-5-6-8-15(13,3)4/h13H,1,5-11H2,2-4H3. The summed E-state index contributed by atoms with van der Waals surface area (Å²) in [5.74, 6) is 0.524. The Hall–Kier alpha value is -0.210. The maximum Gasteiger partial charge on any atom is 0.333 e. The molecule has 1 fully saturated rings. The van der Waals surface area contributed by atoms with Gasteiger partial charge in [0, 0.05) is 5.57 Å². The number of carbonyl (C=O) groups excluding carboxylic acids is 1. The monoisotopic (exact) mass is 320 g/mol. The summed E-state index contributed by atoms with van der Waals surface area (Å²) >= 11 is 12.2. The zero-order valence-electron chi connectivity index (χ0n) is 12.8. The van der Waals surface area contributed by atoms with Crippen molar-refractivity contribution in [2.75, 3.05) is 11.8 Å². The lowest BCUT2D eigenvalue weighted by molar-refractivity contribution is -0.153. The quantitative estimate of drug-likeness (QED) is 0.394. The molecule has 0 aromatic rings. The molecular formula is C16H26Cl2O2. The smallest absolute Gasteiger partial charge is 0.333 e. The maximum absolute atomic E-state index is 11.8. The van der Waals surface area contributed by atoms with Crippen LogP contribution in [0.1, 0.15) is 52.9 Å². The second-order valence-electron chi connectivity index (χ2n) is 6.76. The molecule has 20 heavy (non-hydrogen) atoms. The van der Waals surface area contributed by atoms with Gasteiger partial charge in [0.15, 0.2) is 0 Å². The van der Waals surface area contributed by atoms with E-state index in [1.165, 1.54) is 19.3 Å². The molecular weight excluding hydrogens is 295 g/mol. The van der Waals surface area contributed by atoms with Crippen LogP contribution in [0.4, 0.5) is 0 Å². The first kappa shape index (κ1) is 17.8. The first-order chi connectivity index (χ1) is 9.26. The van der Waals surface area contributed by atoms with Gasteiger partial charge in [-0.25, -0.2) is 4.79 Å². The number of rotatable bonds is 6. The highest BCUT2D eigenvalue weighted by atomic mass is 35.5. The van der Waals surface area contributed by atoms with Crippen LogP contribution >= 0.6 is 23.2 Å². The number of hydrogen-bond donors (Lipinski definition) is 0. The largest absolute Gasteiger partial charge is 0.453 e. The van der Waals surface area contributed by atoms with Gasteiger partial charge in [0.1, 0.15) is 5.60 Å². The molecule has 0 heterocycles. The molecule has 0 bridgehead atoms. The van der Waals surface area contributed by atoms with Gasteiger partial charge in [-0.2, -0.15) is 0 Å². The summed E-state index contributed by atoms with van der Waals surface area (Å²) in [4.78, 5) is 11.8. The maximum atomic E-state index is 11.8. The van der Waals surface area contributed by atoms with Crippen molar-refractivity contribution in [1.29, 1.82) is 0 Å². The third-order valence-electron chi connectivity index (χ3n) is 4.49. The molecule has 0 spiro atoms. The molecule has 4 heteroatoms. The van der Waals surface area contributed by atoms with Crippen LogP contribution in [0.2, 0.25) is 0 Å². The van der Waals surface area contributed by atoms with Gasteiger partial charge in [0.2, 0.25) is 0 Å². The molecule has 116 valence electrons. The Balaban J connectivity index is 2.84. The first-order valence-corrected chi connectivity index (χ1v) is 8.34. The van der Waals surface area contributed by atoms with Crippen LogP contribution in [-0.2, 0) is 9.53 Å². The topological polar surface area (TPSA) is 26.3 Å². The van der Waals surface area contributed by atoms with E-state index in [4.69, 9.17) is 27.9 Å². The molecule has 0 aromatic heterocycles. The lowest BCUT2D eigenvalue weighted by Gasteiger charge is -2.43. The van der Waals surface area contributed by atoms with Gasteiger partial charge in [-0.1, -0.05) is 33.3 Å². The summed E-state index contributed by atoms with van der Waals surface area (Å²) < 4.78 is 5.59. The average Bonchev–Trinajstić information content (AvgIpc) is 2.39. The van der Waals surface area contributed by atoms with Crippen molar-refractivity contribution in [3.8, 4) is 0 Å². The molecule has 1 atom stereocenters. The molecule has 0 aromatic carbocycles. The molecule has 0 radical (unpaired) electrons. The summed E-state index contributed by atoms with van der Waals surface area (Å²) in [6.45, 7) is 9.83. The van der Waals surface area contributed by atoms with Crippen molar-refractivity contribution in [2.45, 2.75) is 58.5 Å². The van der Waals surface area contributed by atoms with Crippen molar-refractivity contribution < 1.29 is 9.53 Å². The van der Waals surface area contributed by atoms with Gasteiger partial charge in [-0.15, -0.1) is 23.2 Å².